The van der Waals surface area contributed by atoms with Crippen LogP contribution in [0.4, 0.5) is 34.1 Å². The number of nitrogens with zero attached hydrogens (tertiary/aromatic N) is 3. The fourth-order valence-corrected chi connectivity index (χ4v) is 4.30. The van der Waals surface area contributed by atoms with Gasteiger partial charge >= 0.3 is 18.2 Å². The normalized spacial score (nSPS) is 17.3. The second-order valence-corrected chi connectivity index (χ2v) is 8.94. The minimum Gasteiger partial charge on any atom is -0.311 e. The first-order chi connectivity index (χ1) is 17.0. The summed E-state index contributed by atoms with van der Waals surface area (Å²) in [6.07, 6.45) is -5.72. The summed E-state index contributed by atoms with van der Waals surface area (Å²) in [5.74, 6) is 0. The van der Waals surface area contributed by atoms with Crippen molar-refractivity contribution >= 4 is 23.4 Å². The number of para-hydroxylation sites is 2. The van der Waals surface area contributed by atoms with Crippen LogP contribution in [-0.4, -0.2) is 38.9 Å². The fraction of sp³-hybridized carbons (Fsp3) is 0.231. The number of rotatable bonds is 5. The molecule has 1 aliphatic heterocycles. The maximum absolute atomic E-state index is 13.7. The van der Waals surface area contributed by atoms with Gasteiger partial charge in [0.15, 0.2) is 6.17 Å². The van der Waals surface area contributed by atoms with Crippen LogP contribution in [0.25, 0.3) is 0 Å². The molecular formula is C26H25F3N4O3. The van der Waals surface area contributed by atoms with Crippen molar-refractivity contribution in [1.29, 1.82) is 0 Å². The van der Waals surface area contributed by atoms with Crippen molar-refractivity contribution < 1.29 is 28.0 Å². The number of hydrogen-bond acceptors (Lipinski definition) is 3. The zero-order valence-electron chi connectivity index (χ0n) is 19.6. The van der Waals surface area contributed by atoms with Gasteiger partial charge in [0, 0.05) is 17.9 Å². The molecule has 10 heteroatoms. The molecule has 1 saturated heterocycles. The van der Waals surface area contributed by atoms with E-state index in [9.17, 15) is 28.0 Å². The summed E-state index contributed by atoms with van der Waals surface area (Å²) in [7, 11) is 0. The van der Waals surface area contributed by atoms with Gasteiger partial charge < -0.3 is 10.2 Å². The van der Waals surface area contributed by atoms with Gasteiger partial charge in [0.1, 0.15) is 0 Å². The summed E-state index contributed by atoms with van der Waals surface area (Å²) in [4.78, 5) is 29.2. The third-order valence-corrected chi connectivity index (χ3v) is 6.10. The third-order valence-electron chi connectivity index (χ3n) is 6.10. The van der Waals surface area contributed by atoms with Crippen molar-refractivity contribution in [1.82, 2.24) is 9.96 Å². The molecule has 0 saturated carbocycles. The number of anilines is 2. The third kappa shape index (κ3) is 4.85. The molecule has 3 aromatic rings. The van der Waals surface area contributed by atoms with E-state index < -0.39 is 35.5 Å². The van der Waals surface area contributed by atoms with E-state index in [4.69, 9.17) is 0 Å². The van der Waals surface area contributed by atoms with E-state index in [2.05, 4.69) is 5.32 Å². The number of hydrogen-bond donors (Lipinski definition) is 2. The summed E-state index contributed by atoms with van der Waals surface area (Å²) in [6.45, 7) is 3.12. The predicted molar refractivity (Wildman–Crippen MR) is 128 cm³/mol. The molecule has 188 valence electrons. The van der Waals surface area contributed by atoms with Gasteiger partial charge in [0.2, 0.25) is 0 Å². The molecule has 4 rings (SSSR count). The standard InChI is InChI=1S/C26H25F3N4O3/c1-25(2)22(33(36)23(34)30-20-12-5-3-6-13-20)32(21-14-7-4-8-15-21)24(35)31(25)17-18-10-9-11-19(16-18)26(27,28)29/h3-16,22,36H,17H2,1-2H3,(H,30,34)/t22-/m1/s1. The first-order valence-corrected chi connectivity index (χ1v) is 11.2. The minimum atomic E-state index is -4.53. The van der Waals surface area contributed by atoms with Gasteiger partial charge in [0.05, 0.1) is 11.1 Å². The molecule has 3 aromatic carbocycles. The molecule has 1 fully saturated rings. The zero-order chi connectivity index (χ0) is 26.1. The maximum Gasteiger partial charge on any atom is 0.416 e. The Labute approximate surface area is 206 Å². The Kier molecular flexibility index (Phi) is 6.64. The van der Waals surface area contributed by atoms with Gasteiger partial charge in [-0.2, -0.15) is 18.2 Å². The van der Waals surface area contributed by atoms with Gasteiger partial charge in [-0.25, -0.2) is 9.59 Å². The number of alkyl halides is 3. The summed E-state index contributed by atoms with van der Waals surface area (Å²) in [6, 6.07) is 20.2. The second kappa shape index (κ2) is 9.54. The average Bonchev–Trinajstić information content (AvgIpc) is 3.04. The van der Waals surface area contributed by atoms with E-state index in [1.165, 1.54) is 21.9 Å². The number of amides is 4. The largest absolute Gasteiger partial charge is 0.416 e. The Morgan fingerprint density at radius 2 is 1.61 bits per heavy atom. The highest BCUT2D eigenvalue weighted by molar-refractivity contribution is 5.98. The Balaban J connectivity index is 1.70. The average molecular weight is 499 g/mol. The van der Waals surface area contributed by atoms with Crippen LogP contribution in [0.3, 0.4) is 0 Å². The summed E-state index contributed by atoms with van der Waals surface area (Å²) in [5.41, 5.74) is -0.913. The van der Waals surface area contributed by atoms with Crippen molar-refractivity contribution in [2.24, 2.45) is 0 Å². The molecule has 7 nitrogen and oxygen atoms in total. The van der Waals surface area contributed by atoms with Crippen molar-refractivity contribution in [2.45, 2.75) is 38.3 Å². The summed E-state index contributed by atoms with van der Waals surface area (Å²) < 4.78 is 39.8. The van der Waals surface area contributed by atoms with E-state index in [-0.39, 0.29) is 12.1 Å². The van der Waals surface area contributed by atoms with Crippen LogP contribution < -0.4 is 10.2 Å². The van der Waals surface area contributed by atoms with Crippen LogP contribution in [0.1, 0.15) is 25.0 Å². The molecule has 1 aliphatic rings. The highest BCUT2D eigenvalue weighted by Crippen LogP contribution is 2.39. The SMILES string of the molecule is CC1(C)[C@@H](N(O)C(=O)Nc2ccccc2)N(c2ccccc2)C(=O)N1Cc1cccc(C(F)(F)F)c1. The van der Waals surface area contributed by atoms with Crippen LogP contribution in [0.15, 0.2) is 84.9 Å². The molecule has 36 heavy (non-hydrogen) atoms. The second-order valence-electron chi connectivity index (χ2n) is 8.94. The molecule has 4 amide bonds. The first kappa shape index (κ1) is 25.1. The van der Waals surface area contributed by atoms with Gasteiger partial charge in [-0.15, -0.1) is 0 Å². The molecule has 0 radical (unpaired) electrons. The quantitative estimate of drug-likeness (QED) is 0.326. The smallest absolute Gasteiger partial charge is 0.311 e. The molecule has 2 N–H and O–H groups in total. The number of benzene rings is 3. The Morgan fingerprint density at radius 1 is 1.00 bits per heavy atom. The summed E-state index contributed by atoms with van der Waals surface area (Å²) in [5, 5.41) is 14.1. The molecule has 0 spiro atoms. The van der Waals surface area contributed by atoms with Crippen LogP contribution in [0, 0.1) is 0 Å². The predicted octanol–water partition coefficient (Wildman–Crippen LogP) is 6.18. The van der Waals surface area contributed by atoms with Crippen LogP contribution in [0.2, 0.25) is 0 Å². The Morgan fingerprint density at radius 3 is 2.22 bits per heavy atom. The lowest BCUT2D eigenvalue weighted by molar-refractivity contribution is -0.137. The molecular weight excluding hydrogens is 473 g/mol. The highest BCUT2D eigenvalue weighted by Gasteiger charge is 2.56. The first-order valence-electron chi connectivity index (χ1n) is 11.2. The topological polar surface area (TPSA) is 76.1 Å². The number of nitrogens with one attached hydrogen (secondary N) is 1. The Hall–Kier alpha value is -4.05. The lowest BCUT2D eigenvalue weighted by atomic mass is 9.98. The van der Waals surface area contributed by atoms with Crippen LogP contribution in [0.5, 0.6) is 0 Å². The number of carbonyl (C=O) groups excluding carboxylic acids is 2. The maximum atomic E-state index is 13.7. The molecule has 0 aromatic heterocycles. The van der Waals surface area contributed by atoms with Gasteiger partial charge in [-0.1, -0.05) is 48.5 Å². The minimum absolute atomic E-state index is 0.163. The number of carbonyl (C=O) groups is 2. The zero-order valence-corrected chi connectivity index (χ0v) is 19.6. The molecule has 1 atom stereocenters. The van der Waals surface area contributed by atoms with E-state index in [0.29, 0.717) is 16.4 Å². The number of halogens is 3. The fourth-order valence-electron chi connectivity index (χ4n) is 4.30. The molecule has 0 unspecified atom stereocenters. The van der Waals surface area contributed by atoms with Crippen molar-refractivity contribution in [3.63, 3.8) is 0 Å². The highest BCUT2D eigenvalue weighted by atomic mass is 19.4. The van der Waals surface area contributed by atoms with Gasteiger partial charge in [-0.3, -0.25) is 10.1 Å². The summed E-state index contributed by atoms with van der Waals surface area (Å²) >= 11 is 0. The molecule has 0 aliphatic carbocycles. The van der Waals surface area contributed by atoms with Crippen LogP contribution >= 0.6 is 0 Å². The lowest BCUT2D eigenvalue weighted by Crippen LogP contribution is -2.58. The Bertz CT molecular complexity index is 1240. The van der Waals surface area contributed by atoms with Crippen LogP contribution in [-0.2, 0) is 12.7 Å². The van der Waals surface area contributed by atoms with E-state index in [0.717, 1.165) is 12.1 Å². The van der Waals surface area contributed by atoms with Crippen molar-refractivity contribution in [3.8, 4) is 0 Å². The van der Waals surface area contributed by atoms with E-state index in [1.54, 1.807) is 74.5 Å². The number of urea groups is 2. The van der Waals surface area contributed by atoms with Gasteiger partial charge in [0.25, 0.3) is 0 Å². The van der Waals surface area contributed by atoms with E-state index in [1.807, 2.05) is 0 Å². The van der Waals surface area contributed by atoms with Crippen molar-refractivity contribution in [3.05, 3.63) is 96.1 Å². The number of hydroxylamine groups is 2. The lowest BCUT2D eigenvalue weighted by Gasteiger charge is -2.38. The van der Waals surface area contributed by atoms with Gasteiger partial charge in [-0.05, 0) is 55.8 Å². The van der Waals surface area contributed by atoms with E-state index >= 15 is 0 Å². The van der Waals surface area contributed by atoms with Crippen molar-refractivity contribution in [2.75, 3.05) is 10.2 Å². The molecule has 1 heterocycles. The molecule has 0 bridgehead atoms. The monoisotopic (exact) mass is 498 g/mol.